The number of pyridine rings is 1. The van der Waals surface area contributed by atoms with Crippen LogP contribution in [0.5, 0.6) is 11.6 Å². The number of nitrogens with zero attached hydrogens (tertiary/aromatic N) is 2. The van der Waals surface area contributed by atoms with E-state index in [0.29, 0.717) is 25.2 Å². The average Bonchev–Trinajstić information content (AvgIpc) is 2.98. The van der Waals surface area contributed by atoms with E-state index in [0.717, 1.165) is 44.5 Å². The van der Waals surface area contributed by atoms with E-state index in [9.17, 15) is 9.65 Å². The Labute approximate surface area is 179 Å². The predicted octanol–water partition coefficient (Wildman–Crippen LogP) is 5.91. The topological polar surface area (TPSA) is 55.1 Å². The maximum atomic E-state index is 13.6. The Bertz CT molecular complexity index is 1340. The van der Waals surface area contributed by atoms with Gasteiger partial charge in [-0.15, -0.1) is 0 Å². The van der Waals surface area contributed by atoms with Crippen molar-refractivity contribution in [2.24, 2.45) is 0 Å². The van der Waals surface area contributed by atoms with Crippen LogP contribution in [-0.2, 0) is 6.42 Å². The molecule has 0 unspecified atom stereocenters. The summed E-state index contributed by atoms with van der Waals surface area (Å²) in [6.07, 6.45) is 0.569. The minimum atomic E-state index is -0.326. The molecule has 0 amide bonds. The first-order valence-electron chi connectivity index (χ1n) is 10.2. The van der Waals surface area contributed by atoms with E-state index in [-0.39, 0.29) is 11.7 Å². The van der Waals surface area contributed by atoms with Crippen LogP contribution in [0.25, 0.3) is 33.2 Å². The van der Waals surface area contributed by atoms with E-state index in [2.05, 4.69) is 6.07 Å². The Morgan fingerprint density at radius 1 is 1.10 bits per heavy atom. The lowest BCUT2D eigenvalue weighted by Crippen LogP contribution is -2.06. The lowest BCUT2D eigenvalue weighted by Gasteiger charge is -2.17. The molecule has 31 heavy (non-hydrogen) atoms. The summed E-state index contributed by atoms with van der Waals surface area (Å²) in [6, 6.07) is 20.6. The zero-order chi connectivity index (χ0) is 21.4. The van der Waals surface area contributed by atoms with Crippen LogP contribution < -0.4 is 9.47 Å². The van der Waals surface area contributed by atoms with E-state index < -0.39 is 0 Å². The maximum Gasteiger partial charge on any atom is 0.232 e. The van der Waals surface area contributed by atoms with Crippen molar-refractivity contribution in [1.29, 1.82) is 5.26 Å². The standard InChI is InChI=1S/C26H19FN2O2/c1-2-30-26-22(15-28)23(17-7-10-18(27)11-8-17)20-13-14-31-25-19-6-4-3-5-16(19)9-12-21(25)24(20)29-26/h3-12H,2,13-14H2,1H3. The Balaban J connectivity index is 1.86. The number of hydrogen-bond donors (Lipinski definition) is 0. The average molecular weight is 410 g/mol. The van der Waals surface area contributed by atoms with Crippen molar-refractivity contribution in [2.45, 2.75) is 13.3 Å². The second kappa shape index (κ2) is 7.73. The van der Waals surface area contributed by atoms with Crippen molar-refractivity contribution >= 4 is 10.8 Å². The van der Waals surface area contributed by atoms with E-state index in [1.165, 1.54) is 12.1 Å². The molecule has 0 aliphatic carbocycles. The first-order valence-corrected chi connectivity index (χ1v) is 10.2. The number of benzene rings is 3. The summed E-state index contributed by atoms with van der Waals surface area (Å²) in [5.41, 5.74) is 4.33. The number of halogens is 1. The molecule has 0 N–H and O–H groups in total. The highest BCUT2D eigenvalue weighted by Gasteiger charge is 2.27. The Kier molecular flexibility index (Phi) is 4.76. The minimum absolute atomic E-state index is 0.282. The second-order valence-corrected chi connectivity index (χ2v) is 7.31. The van der Waals surface area contributed by atoms with Crippen LogP contribution in [-0.4, -0.2) is 18.2 Å². The first kappa shape index (κ1) is 19.1. The smallest absolute Gasteiger partial charge is 0.232 e. The van der Waals surface area contributed by atoms with E-state index >= 15 is 0 Å². The molecule has 0 fully saturated rings. The van der Waals surface area contributed by atoms with Crippen molar-refractivity contribution in [3.63, 3.8) is 0 Å². The van der Waals surface area contributed by atoms with Gasteiger partial charge in [0, 0.05) is 22.9 Å². The van der Waals surface area contributed by atoms with Crippen LogP contribution in [0.3, 0.4) is 0 Å². The Morgan fingerprint density at radius 3 is 2.68 bits per heavy atom. The zero-order valence-corrected chi connectivity index (χ0v) is 17.0. The van der Waals surface area contributed by atoms with Gasteiger partial charge in [-0.2, -0.15) is 5.26 Å². The van der Waals surface area contributed by atoms with Gasteiger partial charge in [0.1, 0.15) is 23.2 Å². The normalized spacial score (nSPS) is 12.3. The summed E-state index contributed by atoms with van der Waals surface area (Å²) in [6.45, 7) is 2.68. The maximum absolute atomic E-state index is 13.6. The van der Waals surface area contributed by atoms with Gasteiger partial charge >= 0.3 is 0 Å². The number of hydrogen-bond acceptors (Lipinski definition) is 4. The summed E-state index contributed by atoms with van der Waals surface area (Å²) >= 11 is 0. The molecule has 4 aromatic rings. The van der Waals surface area contributed by atoms with E-state index in [1.54, 1.807) is 12.1 Å². The second-order valence-electron chi connectivity index (χ2n) is 7.31. The summed E-state index contributed by atoms with van der Waals surface area (Å²) < 4.78 is 25.6. The summed E-state index contributed by atoms with van der Waals surface area (Å²) in [4.78, 5) is 4.79. The lowest BCUT2D eigenvalue weighted by atomic mass is 9.90. The summed E-state index contributed by atoms with van der Waals surface area (Å²) in [7, 11) is 0. The molecular weight excluding hydrogens is 391 g/mol. The molecule has 0 bridgehead atoms. The van der Waals surface area contributed by atoms with Crippen molar-refractivity contribution in [2.75, 3.05) is 13.2 Å². The highest BCUT2D eigenvalue weighted by molar-refractivity contribution is 5.96. The first-order chi connectivity index (χ1) is 15.2. The van der Waals surface area contributed by atoms with Gasteiger partial charge in [0.05, 0.1) is 18.9 Å². The van der Waals surface area contributed by atoms with Crippen LogP contribution >= 0.6 is 0 Å². The molecule has 152 valence electrons. The monoisotopic (exact) mass is 410 g/mol. The summed E-state index contributed by atoms with van der Waals surface area (Å²) in [5, 5.41) is 12.1. The molecule has 0 saturated carbocycles. The molecule has 1 aliphatic heterocycles. The van der Waals surface area contributed by atoms with Gasteiger partial charge in [0.2, 0.25) is 5.88 Å². The fourth-order valence-electron chi connectivity index (χ4n) is 4.19. The molecule has 2 heterocycles. The van der Waals surface area contributed by atoms with Gasteiger partial charge in [0.15, 0.2) is 0 Å². The van der Waals surface area contributed by atoms with E-state index in [4.69, 9.17) is 14.5 Å². The third-order valence-electron chi connectivity index (χ3n) is 5.52. The number of nitriles is 1. The third-order valence-corrected chi connectivity index (χ3v) is 5.52. The van der Waals surface area contributed by atoms with Crippen LogP contribution in [0.4, 0.5) is 4.39 Å². The van der Waals surface area contributed by atoms with Crippen LogP contribution in [0.15, 0.2) is 60.7 Å². The third kappa shape index (κ3) is 3.17. The number of rotatable bonds is 3. The molecule has 0 spiro atoms. The van der Waals surface area contributed by atoms with Crippen molar-refractivity contribution in [3.8, 4) is 40.1 Å². The molecular formula is C26H19FN2O2. The molecule has 0 atom stereocenters. The zero-order valence-electron chi connectivity index (χ0n) is 17.0. The Hall–Kier alpha value is -3.91. The van der Waals surface area contributed by atoms with Gasteiger partial charge in [-0.25, -0.2) is 9.37 Å². The van der Waals surface area contributed by atoms with Crippen LogP contribution in [0.2, 0.25) is 0 Å². The van der Waals surface area contributed by atoms with Gasteiger partial charge in [-0.3, -0.25) is 0 Å². The quantitative estimate of drug-likeness (QED) is 0.421. The molecule has 0 radical (unpaired) electrons. The molecule has 3 aromatic carbocycles. The minimum Gasteiger partial charge on any atom is -0.492 e. The van der Waals surface area contributed by atoms with Gasteiger partial charge in [0.25, 0.3) is 0 Å². The van der Waals surface area contributed by atoms with Crippen LogP contribution in [0, 0.1) is 17.1 Å². The Morgan fingerprint density at radius 2 is 1.90 bits per heavy atom. The molecule has 5 rings (SSSR count). The van der Waals surface area contributed by atoms with Crippen molar-refractivity contribution in [1.82, 2.24) is 4.98 Å². The fourth-order valence-corrected chi connectivity index (χ4v) is 4.19. The summed E-state index contributed by atoms with van der Waals surface area (Å²) in [5.74, 6) is 0.734. The molecule has 0 saturated heterocycles. The molecule has 1 aliphatic rings. The predicted molar refractivity (Wildman–Crippen MR) is 118 cm³/mol. The SMILES string of the molecule is CCOc1nc2c(c(-c3ccc(F)cc3)c1C#N)CCOc1c-2ccc2ccccc12. The molecule has 1 aromatic heterocycles. The fraction of sp³-hybridized carbons (Fsp3) is 0.154. The number of ether oxygens (including phenoxy) is 2. The van der Waals surface area contributed by atoms with Crippen molar-refractivity contribution in [3.05, 3.63) is 77.6 Å². The van der Waals surface area contributed by atoms with Gasteiger partial charge < -0.3 is 9.47 Å². The highest BCUT2D eigenvalue weighted by atomic mass is 19.1. The lowest BCUT2D eigenvalue weighted by molar-refractivity contribution is 0.325. The highest BCUT2D eigenvalue weighted by Crippen LogP contribution is 2.45. The van der Waals surface area contributed by atoms with E-state index in [1.807, 2.05) is 43.3 Å². The van der Waals surface area contributed by atoms with Crippen molar-refractivity contribution < 1.29 is 13.9 Å². The van der Waals surface area contributed by atoms with Gasteiger partial charge in [-0.1, -0.05) is 42.5 Å². The number of fused-ring (bicyclic) bond motifs is 5. The molecule has 5 heteroatoms. The van der Waals surface area contributed by atoms with Crippen LogP contribution in [0.1, 0.15) is 18.1 Å². The largest absolute Gasteiger partial charge is 0.492 e. The number of aromatic nitrogens is 1. The van der Waals surface area contributed by atoms with Gasteiger partial charge in [-0.05, 0) is 41.6 Å². The molecule has 4 nitrogen and oxygen atoms in total.